The summed E-state index contributed by atoms with van der Waals surface area (Å²) < 4.78 is 5.37. The van der Waals surface area contributed by atoms with Crippen LogP contribution in [-0.2, 0) is 4.74 Å². The highest BCUT2D eigenvalue weighted by molar-refractivity contribution is 6.08. The lowest BCUT2D eigenvalue weighted by molar-refractivity contribution is 0.0303. The van der Waals surface area contributed by atoms with Gasteiger partial charge >= 0.3 is 0 Å². The normalized spacial score (nSPS) is 14.4. The topological polar surface area (TPSA) is 54.5 Å². The summed E-state index contributed by atoms with van der Waals surface area (Å²) in [6.45, 7) is 4.42. The van der Waals surface area contributed by atoms with Crippen molar-refractivity contribution in [2.75, 3.05) is 31.6 Å². The molecule has 2 aromatic carbocycles. The van der Waals surface area contributed by atoms with E-state index in [1.165, 1.54) is 5.56 Å². The molecule has 5 heteroatoms. The molecule has 4 rings (SSSR count). The number of nitrogens with zero attached hydrogens (tertiary/aromatic N) is 2. The summed E-state index contributed by atoms with van der Waals surface area (Å²) in [7, 11) is 0. The van der Waals surface area contributed by atoms with Crippen molar-refractivity contribution in [3.63, 3.8) is 0 Å². The van der Waals surface area contributed by atoms with Gasteiger partial charge < -0.3 is 15.0 Å². The molecule has 0 atom stereocenters. The van der Waals surface area contributed by atoms with Gasteiger partial charge in [-0.05, 0) is 25.1 Å². The second-order valence-corrected chi connectivity index (χ2v) is 6.46. The van der Waals surface area contributed by atoms with Crippen LogP contribution in [0.5, 0.6) is 0 Å². The Morgan fingerprint density at radius 1 is 1.08 bits per heavy atom. The third kappa shape index (κ3) is 3.26. The molecule has 1 aromatic heterocycles. The second-order valence-electron chi connectivity index (χ2n) is 6.46. The highest BCUT2D eigenvalue weighted by atomic mass is 16.5. The number of anilines is 2. The van der Waals surface area contributed by atoms with Crippen LogP contribution in [0, 0.1) is 6.92 Å². The highest BCUT2D eigenvalue weighted by Gasteiger charge is 2.23. The summed E-state index contributed by atoms with van der Waals surface area (Å²) in [4.78, 5) is 19.4. The number of rotatable bonds is 3. The number of aromatic nitrogens is 1. The first kappa shape index (κ1) is 16.5. The molecule has 1 aliphatic rings. The van der Waals surface area contributed by atoms with Crippen LogP contribution >= 0.6 is 0 Å². The number of carbonyl (C=O) groups excluding carboxylic acids is 1. The van der Waals surface area contributed by atoms with Gasteiger partial charge in [-0.3, -0.25) is 9.78 Å². The maximum Gasteiger partial charge on any atom is 0.257 e. The molecule has 5 nitrogen and oxygen atoms in total. The number of ether oxygens (including phenoxy) is 1. The van der Waals surface area contributed by atoms with Crippen LogP contribution in [0.3, 0.4) is 0 Å². The summed E-state index contributed by atoms with van der Waals surface area (Å²) in [5, 5.41) is 4.38. The number of fused-ring (bicyclic) bond motifs is 1. The molecule has 3 aromatic rings. The minimum absolute atomic E-state index is 0.0128. The Morgan fingerprint density at radius 3 is 2.58 bits per heavy atom. The molecule has 2 heterocycles. The van der Waals surface area contributed by atoms with Gasteiger partial charge in [0.2, 0.25) is 0 Å². The number of nitrogens with one attached hydrogen (secondary N) is 1. The molecule has 0 aliphatic carbocycles. The van der Waals surface area contributed by atoms with Gasteiger partial charge in [-0.1, -0.05) is 35.9 Å². The maximum absolute atomic E-state index is 13.1. The van der Waals surface area contributed by atoms with Crippen molar-refractivity contribution >= 4 is 28.2 Å². The van der Waals surface area contributed by atoms with E-state index in [2.05, 4.69) is 29.4 Å². The van der Waals surface area contributed by atoms with E-state index in [1.807, 2.05) is 41.3 Å². The van der Waals surface area contributed by atoms with E-state index < -0.39 is 0 Å². The average Bonchev–Trinajstić information content (AvgIpc) is 2.70. The summed E-state index contributed by atoms with van der Waals surface area (Å²) in [5.74, 6) is -0.0128. The fourth-order valence-electron chi connectivity index (χ4n) is 3.16. The van der Waals surface area contributed by atoms with Crippen LogP contribution in [0.2, 0.25) is 0 Å². The number of morpholine rings is 1. The highest BCUT2D eigenvalue weighted by Crippen LogP contribution is 2.30. The van der Waals surface area contributed by atoms with Gasteiger partial charge in [0.1, 0.15) is 0 Å². The van der Waals surface area contributed by atoms with Crippen molar-refractivity contribution in [1.29, 1.82) is 0 Å². The maximum atomic E-state index is 13.1. The van der Waals surface area contributed by atoms with Gasteiger partial charge in [-0.2, -0.15) is 0 Å². The van der Waals surface area contributed by atoms with E-state index in [0.29, 0.717) is 31.9 Å². The van der Waals surface area contributed by atoms with E-state index in [-0.39, 0.29) is 5.91 Å². The van der Waals surface area contributed by atoms with Crippen molar-refractivity contribution in [3.05, 3.63) is 65.9 Å². The Balaban J connectivity index is 1.78. The first-order valence-corrected chi connectivity index (χ1v) is 8.81. The first-order chi connectivity index (χ1) is 12.7. The van der Waals surface area contributed by atoms with Gasteiger partial charge in [-0.25, -0.2) is 0 Å². The number of amides is 1. The summed E-state index contributed by atoms with van der Waals surface area (Å²) >= 11 is 0. The van der Waals surface area contributed by atoms with Gasteiger partial charge in [0, 0.05) is 30.4 Å². The average molecular weight is 347 g/mol. The van der Waals surface area contributed by atoms with E-state index in [4.69, 9.17) is 4.74 Å². The lowest BCUT2D eigenvalue weighted by atomic mass is 10.1. The second kappa shape index (κ2) is 7.14. The SMILES string of the molecule is Cc1ccc(Nc2c(C(=O)N3CCOCC3)cnc3ccccc23)cc1. The van der Waals surface area contributed by atoms with Crippen molar-refractivity contribution in [2.45, 2.75) is 6.92 Å². The zero-order chi connectivity index (χ0) is 17.9. The van der Waals surface area contributed by atoms with Crippen LogP contribution in [-0.4, -0.2) is 42.1 Å². The molecule has 0 saturated carbocycles. The fraction of sp³-hybridized carbons (Fsp3) is 0.238. The van der Waals surface area contributed by atoms with Crippen LogP contribution < -0.4 is 5.32 Å². The number of benzene rings is 2. The van der Waals surface area contributed by atoms with Crippen molar-refractivity contribution in [1.82, 2.24) is 9.88 Å². The van der Waals surface area contributed by atoms with Gasteiger partial charge in [-0.15, -0.1) is 0 Å². The largest absolute Gasteiger partial charge is 0.378 e. The summed E-state index contributed by atoms with van der Waals surface area (Å²) in [6, 6.07) is 16.0. The molecule has 0 unspecified atom stereocenters. The Hall–Kier alpha value is -2.92. The number of carbonyl (C=O) groups is 1. The molecule has 1 amide bonds. The minimum Gasteiger partial charge on any atom is -0.378 e. The number of hydrogen-bond acceptors (Lipinski definition) is 4. The molecule has 0 bridgehead atoms. The van der Waals surface area contributed by atoms with Crippen LogP contribution in [0.4, 0.5) is 11.4 Å². The molecule has 26 heavy (non-hydrogen) atoms. The number of pyridine rings is 1. The monoisotopic (exact) mass is 347 g/mol. The zero-order valence-corrected chi connectivity index (χ0v) is 14.7. The number of aryl methyl sites for hydroxylation is 1. The molecule has 0 radical (unpaired) electrons. The smallest absolute Gasteiger partial charge is 0.257 e. The molecule has 1 fully saturated rings. The molecule has 1 saturated heterocycles. The molecular weight excluding hydrogens is 326 g/mol. The Bertz CT molecular complexity index is 932. The summed E-state index contributed by atoms with van der Waals surface area (Å²) in [5.41, 5.74) is 4.39. The Morgan fingerprint density at radius 2 is 1.81 bits per heavy atom. The standard InChI is InChI=1S/C21H21N3O2/c1-15-6-8-16(9-7-15)23-20-17-4-2-3-5-19(17)22-14-18(20)21(25)24-10-12-26-13-11-24/h2-9,14H,10-13H2,1H3,(H,22,23). The predicted molar refractivity (Wildman–Crippen MR) is 103 cm³/mol. The molecule has 1 aliphatic heterocycles. The number of hydrogen-bond donors (Lipinski definition) is 1. The Kier molecular flexibility index (Phi) is 4.54. The van der Waals surface area contributed by atoms with Gasteiger partial charge in [0.25, 0.3) is 5.91 Å². The third-order valence-electron chi connectivity index (χ3n) is 4.63. The zero-order valence-electron chi connectivity index (χ0n) is 14.7. The van der Waals surface area contributed by atoms with Crippen molar-refractivity contribution in [2.24, 2.45) is 0 Å². The molecule has 1 N–H and O–H groups in total. The fourth-order valence-corrected chi connectivity index (χ4v) is 3.16. The van der Waals surface area contributed by atoms with E-state index in [0.717, 1.165) is 22.3 Å². The quantitative estimate of drug-likeness (QED) is 0.784. The number of para-hydroxylation sites is 1. The third-order valence-corrected chi connectivity index (χ3v) is 4.63. The van der Waals surface area contributed by atoms with E-state index in [1.54, 1.807) is 6.20 Å². The molecule has 132 valence electrons. The first-order valence-electron chi connectivity index (χ1n) is 8.81. The lowest BCUT2D eigenvalue weighted by Gasteiger charge is -2.28. The van der Waals surface area contributed by atoms with Crippen molar-refractivity contribution < 1.29 is 9.53 Å². The van der Waals surface area contributed by atoms with E-state index in [9.17, 15) is 4.79 Å². The van der Waals surface area contributed by atoms with Gasteiger partial charge in [0.05, 0.1) is 30.0 Å². The molecular formula is C21H21N3O2. The van der Waals surface area contributed by atoms with Crippen LogP contribution in [0.1, 0.15) is 15.9 Å². The molecule has 0 spiro atoms. The van der Waals surface area contributed by atoms with Gasteiger partial charge in [0.15, 0.2) is 0 Å². The van der Waals surface area contributed by atoms with Crippen LogP contribution in [0.25, 0.3) is 10.9 Å². The minimum atomic E-state index is -0.0128. The van der Waals surface area contributed by atoms with Crippen LogP contribution in [0.15, 0.2) is 54.7 Å². The van der Waals surface area contributed by atoms with Crippen molar-refractivity contribution in [3.8, 4) is 0 Å². The predicted octanol–water partition coefficient (Wildman–Crippen LogP) is 3.76. The van der Waals surface area contributed by atoms with E-state index >= 15 is 0 Å². The Labute approximate surface area is 152 Å². The summed E-state index contributed by atoms with van der Waals surface area (Å²) in [6.07, 6.45) is 1.68. The lowest BCUT2D eigenvalue weighted by Crippen LogP contribution is -2.41.